The lowest BCUT2D eigenvalue weighted by Gasteiger charge is -2.24. The van der Waals surface area contributed by atoms with Crippen LogP contribution in [0.25, 0.3) is 5.57 Å². The number of hydrogen-bond donors (Lipinski definition) is 1. The molecule has 0 fully saturated rings. The van der Waals surface area contributed by atoms with Gasteiger partial charge < -0.3 is 19.5 Å². The minimum Gasteiger partial charge on any atom is -0.493 e. The predicted octanol–water partition coefficient (Wildman–Crippen LogP) is 3.87. The summed E-state index contributed by atoms with van der Waals surface area (Å²) in [6, 6.07) is 5.89. The van der Waals surface area contributed by atoms with Crippen molar-refractivity contribution in [2.75, 3.05) is 19.8 Å². The second-order valence-corrected chi connectivity index (χ2v) is 7.34. The van der Waals surface area contributed by atoms with Gasteiger partial charge in [-0.25, -0.2) is 9.59 Å². The molecule has 0 saturated carbocycles. The average Bonchev–Trinajstić information content (AvgIpc) is 2.57. The number of benzene rings is 1. The number of carbonyl (C=O) groups is 2. The van der Waals surface area contributed by atoms with Crippen LogP contribution in [-0.2, 0) is 20.7 Å². The van der Waals surface area contributed by atoms with E-state index in [1.807, 2.05) is 39.0 Å². The van der Waals surface area contributed by atoms with Crippen LogP contribution < -0.4 is 10.1 Å². The molecule has 1 aliphatic heterocycles. The molecule has 0 spiro atoms. The molecule has 27 heavy (non-hydrogen) atoms. The zero-order valence-electron chi connectivity index (χ0n) is 16.6. The second-order valence-electron chi connectivity index (χ2n) is 7.34. The van der Waals surface area contributed by atoms with Crippen molar-refractivity contribution in [2.24, 2.45) is 0 Å². The van der Waals surface area contributed by atoms with E-state index < -0.39 is 11.7 Å². The zero-order valence-corrected chi connectivity index (χ0v) is 16.6. The minimum atomic E-state index is -0.527. The summed E-state index contributed by atoms with van der Waals surface area (Å²) in [6.45, 7) is 8.74. The Morgan fingerprint density at radius 3 is 2.78 bits per heavy atom. The maximum Gasteiger partial charge on any atom is 0.407 e. The van der Waals surface area contributed by atoms with Crippen LogP contribution in [0.4, 0.5) is 4.79 Å². The van der Waals surface area contributed by atoms with Crippen LogP contribution >= 0.6 is 0 Å². The van der Waals surface area contributed by atoms with Crippen molar-refractivity contribution in [1.29, 1.82) is 0 Å². The monoisotopic (exact) mass is 375 g/mol. The number of alkyl carbamates (subject to hydrolysis) is 1. The van der Waals surface area contributed by atoms with Gasteiger partial charge in [0.1, 0.15) is 11.4 Å². The fourth-order valence-corrected chi connectivity index (χ4v) is 2.93. The van der Waals surface area contributed by atoms with Gasteiger partial charge in [0.25, 0.3) is 0 Å². The number of aryl methyl sites for hydroxylation is 1. The fraction of sp³-hybridized carbons (Fsp3) is 0.524. The van der Waals surface area contributed by atoms with Crippen molar-refractivity contribution in [2.45, 2.75) is 52.6 Å². The summed E-state index contributed by atoms with van der Waals surface area (Å²) < 4.78 is 16.1. The number of rotatable bonds is 6. The Kier molecular flexibility index (Phi) is 7.28. The Bertz CT molecular complexity index is 703. The largest absolute Gasteiger partial charge is 0.493 e. The van der Waals surface area contributed by atoms with Crippen molar-refractivity contribution < 1.29 is 23.8 Å². The molecule has 0 atom stereocenters. The quantitative estimate of drug-likeness (QED) is 0.464. The summed E-state index contributed by atoms with van der Waals surface area (Å²) in [5.74, 6) is 0.441. The van der Waals surface area contributed by atoms with Gasteiger partial charge >= 0.3 is 12.1 Å². The Morgan fingerprint density at radius 2 is 2.07 bits per heavy atom. The highest BCUT2D eigenvalue weighted by Gasteiger charge is 2.21. The van der Waals surface area contributed by atoms with Crippen LogP contribution in [0.1, 0.15) is 51.7 Å². The Balaban J connectivity index is 2.10. The normalized spacial score (nSPS) is 14.9. The van der Waals surface area contributed by atoms with E-state index in [1.165, 1.54) is 0 Å². The van der Waals surface area contributed by atoms with E-state index in [-0.39, 0.29) is 5.97 Å². The molecule has 6 nitrogen and oxygen atoms in total. The predicted molar refractivity (Wildman–Crippen MR) is 104 cm³/mol. The highest BCUT2D eigenvalue weighted by atomic mass is 16.6. The molecular formula is C21H29NO5. The van der Waals surface area contributed by atoms with E-state index in [0.29, 0.717) is 26.2 Å². The minimum absolute atomic E-state index is 0.343. The fourth-order valence-electron chi connectivity index (χ4n) is 2.93. The van der Waals surface area contributed by atoms with Crippen molar-refractivity contribution in [3.63, 3.8) is 0 Å². The lowest BCUT2D eigenvalue weighted by molar-refractivity contribution is -0.148. The Morgan fingerprint density at radius 1 is 1.30 bits per heavy atom. The first-order valence-corrected chi connectivity index (χ1v) is 9.39. The first-order valence-electron chi connectivity index (χ1n) is 9.39. The van der Waals surface area contributed by atoms with Gasteiger partial charge in [0.15, 0.2) is 0 Å². The van der Waals surface area contributed by atoms with Crippen molar-refractivity contribution in [3.05, 3.63) is 35.4 Å². The van der Waals surface area contributed by atoms with Crippen molar-refractivity contribution in [1.82, 2.24) is 5.32 Å². The molecule has 1 heterocycles. The third-order valence-electron chi connectivity index (χ3n) is 3.93. The first kappa shape index (κ1) is 20.8. The summed E-state index contributed by atoms with van der Waals surface area (Å²) in [5, 5.41) is 2.72. The van der Waals surface area contributed by atoms with Gasteiger partial charge in [-0.1, -0.05) is 12.1 Å². The van der Waals surface area contributed by atoms with Gasteiger partial charge in [0, 0.05) is 24.6 Å². The molecule has 1 amide bonds. The average molecular weight is 375 g/mol. The second kappa shape index (κ2) is 9.44. The smallest absolute Gasteiger partial charge is 0.407 e. The van der Waals surface area contributed by atoms with Crippen LogP contribution in [0.5, 0.6) is 5.75 Å². The van der Waals surface area contributed by atoms with E-state index in [9.17, 15) is 9.59 Å². The van der Waals surface area contributed by atoms with Gasteiger partial charge in [0.2, 0.25) is 0 Å². The number of fused-ring (bicyclic) bond motifs is 1. The molecule has 6 heteroatoms. The summed E-state index contributed by atoms with van der Waals surface area (Å²) >= 11 is 0. The highest BCUT2D eigenvalue weighted by molar-refractivity contribution is 5.93. The first-order chi connectivity index (χ1) is 12.8. The van der Waals surface area contributed by atoms with E-state index in [1.54, 1.807) is 13.0 Å². The molecule has 1 aromatic carbocycles. The summed E-state index contributed by atoms with van der Waals surface area (Å²) in [6.07, 6.45) is 3.35. The lowest BCUT2D eigenvalue weighted by Crippen LogP contribution is -2.25. The highest BCUT2D eigenvalue weighted by Crippen LogP contribution is 2.36. The molecule has 0 aromatic heterocycles. The number of nitrogens with one attached hydrogen (secondary N) is 1. The molecule has 0 saturated heterocycles. The maximum absolute atomic E-state index is 12.2. The molecular weight excluding hydrogens is 346 g/mol. The topological polar surface area (TPSA) is 73.9 Å². The number of esters is 1. The summed E-state index contributed by atoms with van der Waals surface area (Å²) in [4.78, 5) is 23.6. The van der Waals surface area contributed by atoms with Crippen LogP contribution in [-0.4, -0.2) is 37.4 Å². The molecule has 2 rings (SSSR count). The third-order valence-corrected chi connectivity index (χ3v) is 3.93. The Labute approximate surface area is 160 Å². The molecule has 1 N–H and O–H groups in total. The zero-order chi connectivity index (χ0) is 19.9. The van der Waals surface area contributed by atoms with Gasteiger partial charge in [-0.2, -0.15) is 0 Å². The van der Waals surface area contributed by atoms with Crippen LogP contribution in [0, 0.1) is 0 Å². The molecule has 148 valence electrons. The van der Waals surface area contributed by atoms with Gasteiger partial charge in [0.05, 0.1) is 13.2 Å². The molecule has 1 aromatic rings. The molecule has 0 aliphatic carbocycles. The van der Waals surface area contributed by atoms with E-state index in [2.05, 4.69) is 5.32 Å². The van der Waals surface area contributed by atoms with Gasteiger partial charge in [-0.3, -0.25) is 0 Å². The van der Waals surface area contributed by atoms with Gasteiger partial charge in [-0.05, 0) is 57.7 Å². The molecule has 0 unspecified atom stereocenters. The van der Waals surface area contributed by atoms with Crippen molar-refractivity contribution >= 4 is 17.6 Å². The van der Waals surface area contributed by atoms with Crippen LogP contribution in [0.2, 0.25) is 0 Å². The number of carbonyl (C=O) groups excluding carboxylic acids is 2. The van der Waals surface area contributed by atoms with E-state index in [0.717, 1.165) is 35.3 Å². The van der Waals surface area contributed by atoms with Crippen molar-refractivity contribution in [3.8, 4) is 5.75 Å². The molecule has 0 radical (unpaired) electrons. The van der Waals surface area contributed by atoms with Gasteiger partial charge in [-0.15, -0.1) is 0 Å². The maximum atomic E-state index is 12.2. The van der Waals surface area contributed by atoms with E-state index in [4.69, 9.17) is 14.2 Å². The Hall–Kier alpha value is -2.50. The van der Waals surface area contributed by atoms with Crippen LogP contribution in [0.3, 0.4) is 0 Å². The van der Waals surface area contributed by atoms with Crippen LogP contribution in [0.15, 0.2) is 24.3 Å². The molecule has 1 aliphatic rings. The third kappa shape index (κ3) is 6.62. The number of amides is 1. The molecule has 0 bridgehead atoms. The van der Waals surface area contributed by atoms with E-state index >= 15 is 0 Å². The summed E-state index contributed by atoms with van der Waals surface area (Å²) in [7, 11) is 0. The SMILES string of the molecule is CCOC(=O)NCCCc1cccc2c1/C(=C/C(=O)OC(C)(C)C)CCO2. The number of hydrogen-bond acceptors (Lipinski definition) is 5. The number of ether oxygens (including phenoxy) is 3. The summed E-state index contributed by atoms with van der Waals surface area (Å²) in [5.41, 5.74) is 2.46. The lowest BCUT2D eigenvalue weighted by atomic mass is 9.92. The standard InChI is InChI=1S/C21H29NO5/c1-5-25-20(24)22-12-7-9-15-8-6-10-17-19(15)16(11-13-26-17)14-18(23)27-21(2,3)4/h6,8,10,14H,5,7,9,11-13H2,1-4H3,(H,22,24)/b16-14+.